The molecule has 1 fully saturated rings. The van der Waals surface area contributed by atoms with Gasteiger partial charge >= 0.3 is 5.97 Å². The summed E-state index contributed by atoms with van der Waals surface area (Å²) >= 11 is 0. The Morgan fingerprint density at radius 3 is 2.54 bits per heavy atom. The molecule has 1 aliphatic heterocycles. The smallest absolute Gasteiger partial charge is 0.311 e. The highest BCUT2D eigenvalue weighted by atomic mass is 32.2. The van der Waals surface area contributed by atoms with E-state index >= 15 is 0 Å². The van der Waals surface area contributed by atoms with E-state index in [1.165, 1.54) is 4.31 Å². The van der Waals surface area contributed by atoms with Crippen LogP contribution in [0.25, 0.3) is 10.8 Å². The van der Waals surface area contributed by atoms with E-state index in [1.54, 1.807) is 35.2 Å². The molecule has 2 aromatic carbocycles. The van der Waals surface area contributed by atoms with Gasteiger partial charge in [0.2, 0.25) is 10.9 Å². The molecule has 7 nitrogen and oxygen atoms in total. The molecule has 28 heavy (non-hydrogen) atoms. The van der Waals surface area contributed by atoms with Gasteiger partial charge in [-0.05, 0) is 38.0 Å². The van der Waals surface area contributed by atoms with E-state index in [4.69, 9.17) is 0 Å². The second-order valence-electron chi connectivity index (χ2n) is 7.47. The first-order valence-electron chi connectivity index (χ1n) is 9.42. The van der Waals surface area contributed by atoms with Crippen molar-refractivity contribution in [2.75, 3.05) is 22.3 Å². The predicted octanol–water partition coefficient (Wildman–Crippen LogP) is 2.80. The minimum Gasteiger partial charge on any atom is -0.481 e. The van der Waals surface area contributed by atoms with Crippen molar-refractivity contribution in [3.8, 4) is 0 Å². The molecule has 0 saturated heterocycles. The van der Waals surface area contributed by atoms with E-state index < -0.39 is 22.3 Å². The lowest BCUT2D eigenvalue weighted by atomic mass is 9.86. The molecule has 2 aliphatic rings. The van der Waals surface area contributed by atoms with E-state index in [2.05, 4.69) is 0 Å². The van der Waals surface area contributed by atoms with Crippen LogP contribution < -0.4 is 9.21 Å². The zero-order valence-electron chi connectivity index (χ0n) is 15.6. The second-order valence-corrected chi connectivity index (χ2v) is 8.43. The molecule has 1 N–H and O–H groups in total. The zero-order chi connectivity index (χ0) is 20.1. The molecule has 0 aromatic heterocycles. The molecule has 0 unspecified atom stereocenters. The van der Waals surface area contributed by atoms with E-state index in [0.29, 0.717) is 36.0 Å². The highest BCUT2D eigenvalue weighted by Gasteiger charge is 2.44. The summed E-state index contributed by atoms with van der Waals surface area (Å²) in [6.07, 6.45) is 2.48. The van der Waals surface area contributed by atoms with Gasteiger partial charge in [-0.25, -0.2) is 8.42 Å². The van der Waals surface area contributed by atoms with Crippen molar-refractivity contribution >= 4 is 44.9 Å². The van der Waals surface area contributed by atoms with Gasteiger partial charge < -0.3 is 10.0 Å². The van der Waals surface area contributed by atoms with Crippen LogP contribution in [0.5, 0.6) is 0 Å². The highest BCUT2D eigenvalue weighted by molar-refractivity contribution is 7.74. The molecule has 4 rings (SSSR count). The Morgan fingerprint density at radius 2 is 1.93 bits per heavy atom. The van der Waals surface area contributed by atoms with Crippen molar-refractivity contribution in [2.24, 2.45) is 5.41 Å². The molecule has 0 spiro atoms. The van der Waals surface area contributed by atoms with Gasteiger partial charge in [0.1, 0.15) is 0 Å². The fourth-order valence-electron chi connectivity index (χ4n) is 4.58. The van der Waals surface area contributed by atoms with E-state index in [1.807, 2.05) is 6.92 Å². The van der Waals surface area contributed by atoms with Crippen LogP contribution in [0.3, 0.4) is 0 Å². The van der Waals surface area contributed by atoms with E-state index in [-0.39, 0.29) is 12.5 Å². The molecule has 1 saturated carbocycles. The van der Waals surface area contributed by atoms with Crippen LogP contribution in [0.1, 0.15) is 43.0 Å². The summed E-state index contributed by atoms with van der Waals surface area (Å²) in [5, 5.41) is 11.2. The minimum absolute atomic E-state index is 0.0921. The molecule has 1 heterocycles. The number of carboxylic acids is 1. The number of amides is 1. The number of nitrogens with zero attached hydrogens (tertiary/aromatic N) is 2. The fraction of sp³-hybridized carbons (Fsp3) is 0.400. The fourth-order valence-corrected chi connectivity index (χ4v) is 5.32. The summed E-state index contributed by atoms with van der Waals surface area (Å²) in [5.41, 5.74) is 0.668. The maximum absolute atomic E-state index is 12.7. The van der Waals surface area contributed by atoms with Gasteiger partial charge in [-0.15, -0.1) is 0 Å². The van der Waals surface area contributed by atoms with Gasteiger partial charge in [-0.1, -0.05) is 25.0 Å². The van der Waals surface area contributed by atoms with Crippen LogP contribution in [0.2, 0.25) is 0 Å². The number of thiol groups is 1. The Labute approximate surface area is 164 Å². The third kappa shape index (κ3) is 2.66. The lowest BCUT2D eigenvalue weighted by molar-refractivity contribution is -0.147. The number of rotatable bonds is 6. The molecule has 148 valence electrons. The summed E-state index contributed by atoms with van der Waals surface area (Å²) < 4.78 is 25.5. The highest BCUT2D eigenvalue weighted by Crippen LogP contribution is 2.44. The summed E-state index contributed by atoms with van der Waals surface area (Å²) in [6, 6.07) is 8.70. The maximum Gasteiger partial charge on any atom is 0.311 e. The van der Waals surface area contributed by atoms with Gasteiger partial charge in [-0.2, -0.15) is 0 Å². The zero-order valence-corrected chi connectivity index (χ0v) is 16.4. The SMILES string of the molecule is CCN1C(=O)c2cccc3c(N(CC4(C(=O)O)CCCC4)[SH](=O)=O)ccc1c23. The number of hydrogen-bond acceptors (Lipinski definition) is 4. The number of carbonyl (C=O) groups excluding carboxylic acids is 1. The summed E-state index contributed by atoms with van der Waals surface area (Å²) in [6.45, 7) is 2.32. The van der Waals surface area contributed by atoms with Gasteiger partial charge in [0.15, 0.2) is 0 Å². The van der Waals surface area contributed by atoms with Gasteiger partial charge in [0, 0.05) is 22.9 Å². The standard InChI is InChI=1S/C20H22N2O5S/c1-2-21-16-9-8-15(13-6-5-7-14(17(13)16)18(21)23)22(28(26)27)12-20(19(24)25)10-3-4-11-20/h5-9,28H,2-4,10-12H2,1H3,(H,24,25). The average Bonchev–Trinajstić information content (AvgIpc) is 3.26. The van der Waals surface area contributed by atoms with Crippen LogP contribution in [-0.4, -0.2) is 38.5 Å². The maximum atomic E-state index is 12.7. The van der Waals surface area contributed by atoms with Crippen LogP contribution in [0.15, 0.2) is 30.3 Å². The van der Waals surface area contributed by atoms with E-state index in [0.717, 1.165) is 23.9 Å². The van der Waals surface area contributed by atoms with Gasteiger partial charge in [0.05, 0.1) is 23.3 Å². The first-order chi connectivity index (χ1) is 13.4. The Kier molecular flexibility index (Phi) is 4.53. The summed E-state index contributed by atoms with van der Waals surface area (Å²) in [4.78, 5) is 26.3. The Hall–Kier alpha value is -2.61. The van der Waals surface area contributed by atoms with Crippen molar-refractivity contribution in [1.29, 1.82) is 0 Å². The predicted molar refractivity (Wildman–Crippen MR) is 107 cm³/mol. The quantitative estimate of drug-likeness (QED) is 0.725. The van der Waals surface area contributed by atoms with Crippen molar-refractivity contribution in [3.63, 3.8) is 0 Å². The molecule has 2 aromatic rings. The number of benzene rings is 2. The molecule has 1 aliphatic carbocycles. The third-order valence-corrected chi connectivity index (χ3v) is 6.77. The van der Waals surface area contributed by atoms with Gasteiger partial charge in [-0.3, -0.25) is 13.9 Å². The number of carboxylic acid groups (broad SMARTS) is 1. The van der Waals surface area contributed by atoms with Crippen LogP contribution in [0.4, 0.5) is 11.4 Å². The molecular formula is C20H22N2O5S. The number of hydrogen-bond donors (Lipinski definition) is 2. The Bertz CT molecular complexity index is 1050. The second kappa shape index (κ2) is 6.77. The number of aliphatic carboxylic acids is 1. The van der Waals surface area contributed by atoms with Crippen molar-refractivity contribution < 1.29 is 23.1 Å². The first kappa shape index (κ1) is 18.7. The van der Waals surface area contributed by atoms with Gasteiger partial charge in [0.25, 0.3) is 5.91 Å². The Balaban J connectivity index is 1.87. The molecule has 0 atom stereocenters. The topological polar surface area (TPSA) is 95.0 Å². The molecule has 0 bridgehead atoms. The van der Waals surface area contributed by atoms with Crippen LogP contribution in [-0.2, 0) is 15.7 Å². The molecular weight excluding hydrogens is 380 g/mol. The summed E-state index contributed by atoms with van der Waals surface area (Å²) in [7, 11) is -3.04. The average molecular weight is 402 g/mol. The number of anilines is 2. The largest absolute Gasteiger partial charge is 0.481 e. The van der Waals surface area contributed by atoms with Crippen molar-refractivity contribution in [3.05, 3.63) is 35.9 Å². The Morgan fingerprint density at radius 1 is 1.21 bits per heavy atom. The van der Waals surface area contributed by atoms with Crippen LogP contribution in [0, 0.1) is 5.41 Å². The molecule has 8 heteroatoms. The number of carbonyl (C=O) groups is 2. The molecule has 0 radical (unpaired) electrons. The van der Waals surface area contributed by atoms with E-state index in [9.17, 15) is 23.1 Å². The lowest BCUT2D eigenvalue weighted by Gasteiger charge is -2.30. The molecule has 1 amide bonds. The lowest BCUT2D eigenvalue weighted by Crippen LogP contribution is -2.41. The minimum atomic E-state index is -3.04. The third-order valence-electron chi connectivity index (χ3n) is 6.02. The first-order valence-corrected chi connectivity index (χ1v) is 10.6. The normalized spacial score (nSPS) is 17.6. The van der Waals surface area contributed by atoms with Crippen LogP contribution >= 0.6 is 0 Å². The van der Waals surface area contributed by atoms with Crippen molar-refractivity contribution in [1.82, 2.24) is 0 Å². The van der Waals surface area contributed by atoms with Crippen molar-refractivity contribution in [2.45, 2.75) is 32.6 Å². The monoisotopic (exact) mass is 402 g/mol. The summed E-state index contributed by atoms with van der Waals surface area (Å²) in [5.74, 6) is -1.05.